The average molecular weight is 347 g/mol. The first-order chi connectivity index (χ1) is 12.7. The number of amides is 1. The molecule has 2 aromatic heterocycles. The summed E-state index contributed by atoms with van der Waals surface area (Å²) in [6.45, 7) is 2.82. The Kier molecular flexibility index (Phi) is 5.19. The van der Waals surface area contributed by atoms with Crippen LogP contribution < -0.4 is 10.6 Å². The molecule has 0 unspecified atom stereocenters. The molecule has 3 rings (SSSR count). The van der Waals surface area contributed by atoms with Crippen molar-refractivity contribution in [2.24, 2.45) is 0 Å². The van der Waals surface area contributed by atoms with Crippen molar-refractivity contribution >= 4 is 11.7 Å². The third kappa shape index (κ3) is 4.21. The summed E-state index contributed by atoms with van der Waals surface area (Å²) in [7, 11) is 0. The SMILES string of the molecule is Cc1ccn(-c2cc(NCCNC(=O)c3cccc(C#N)c3)ncn2)n1. The van der Waals surface area contributed by atoms with Crippen LogP contribution in [0.2, 0.25) is 0 Å². The summed E-state index contributed by atoms with van der Waals surface area (Å²) < 4.78 is 1.67. The van der Waals surface area contributed by atoms with Crippen LogP contribution in [0.5, 0.6) is 0 Å². The lowest BCUT2D eigenvalue weighted by atomic mass is 10.1. The first-order valence-electron chi connectivity index (χ1n) is 8.02. The van der Waals surface area contributed by atoms with Crippen LogP contribution in [0.15, 0.2) is 48.9 Å². The smallest absolute Gasteiger partial charge is 0.251 e. The molecule has 8 heteroatoms. The molecule has 0 saturated carbocycles. The Morgan fingerprint density at radius 3 is 2.88 bits per heavy atom. The maximum absolute atomic E-state index is 12.1. The fourth-order valence-corrected chi connectivity index (χ4v) is 2.31. The number of aromatic nitrogens is 4. The van der Waals surface area contributed by atoms with Gasteiger partial charge in [-0.2, -0.15) is 10.4 Å². The maximum atomic E-state index is 12.1. The van der Waals surface area contributed by atoms with Gasteiger partial charge in [-0.3, -0.25) is 4.79 Å². The average Bonchev–Trinajstić information content (AvgIpc) is 3.12. The summed E-state index contributed by atoms with van der Waals surface area (Å²) in [5.41, 5.74) is 1.82. The van der Waals surface area contributed by atoms with Crippen LogP contribution in [0.25, 0.3) is 5.82 Å². The number of rotatable bonds is 6. The van der Waals surface area contributed by atoms with Gasteiger partial charge in [0.15, 0.2) is 5.82 Å². The van der Waals surface area contributed by atoms with Gasteiger partial charge in [-0.1, -0.05) is 6.07 Å². The first kappa shape index (κ1) is 17.1. The molecular weight excluding hydrogens is 330 g/mol. The summed E-state index contributed by atoms with van der Waals surface area (Å²) in [5.74, 6) is 1.08. The molecule has 0 fully saturated rings. The van der Waals surface area contributed by atoms with E-state index in [0.717, 1.165) is 5.69 Å². The van der Waals surface area contributed by atoms with E-state index in [1.165, 1.54) is 6.33 Å². The Hall–Kier alpha value is -3.73. The van der Waals surface area contributed by atoms with Gasteiger partial charge in [-0.15, -0.1) is 0 Å². The van der Waals surface area contributed by atoms with Crippen molar-refractivity contribution in [1.82, 2.24) is 25.1 Å². The Morgan fingerprint density at radius 1 is 1.23 bits per heavy atom. The zero-order valence-corrected chi connectivity index (χ0v) is 14.2. The van der Waals surface area contributed by atoms with E-state index in [4.69, 9.17) is 5.26 Å². The van der Waals surface area contributed by atoms with Gasteiger partial charge in [0.05, 0.1) is 17.3 Å². The van der Waals surface area contributed by atoms with Crippen LogP contribution in [0, 0.1) is 18.3 Å². The third-order valence-electron chi connectivity index (χ3n) is 3.58. The molecule has 26 heavy (non-hydrogen) atoms. The number of nitrogens with zero attached hydrogens (tertiary/aromatic N) is 5. The molecule has 1 aromatic carbocycles. The standard InChI is InChI=1S/C18H17N7O/c1-13-5-8-25(24-13)17-10-16(22-12-23-17)20-6-7-21-18(26)15-4-2-3-14(9-15)11-19/h2-5,8-10,12H,6-7H2,1H3,(H,21,26)(H,20,22,23). The minimum atomic E-state index is -0.223. The highest BCUT2D eigenvalue weighted by Gasteiger charge is 2.06. The van der Waals surface area contributed by atoms with Gasteiger partial charge < -0.3 is 10.6 Å². The van der Waals surface area contributed by atoms with Gasteiger partial charge in [0.25, 0.3) is 5.91 Å². The second-order valence-corrected chi connectivity index (χ2v) is 5.54. The number of benzene rings is 1. The minimum absolute atomic E-state index is 0.223. The molecule has 3 aromatic rings. The van der Waals surface area contributed by atoms with Gasteiger partial charge in [0.1, 0.15) is 12.1 Å². The van der Waals surface area contributed by atoms with E-state index in [1.54, 1.807) is 35.0 Å². The van der Waals surface area contributed by atoms with E-state index in [2.05, 4.69) is 25.7 Å². The highest BCUT2D eigenvalue weighted by atomic mass is 16.1. The van der Waals surface area contributed by atoms with Crippen LogP contribution in [-0.4, -0.2) is 38.7 Å². The highest BCUT2D eigenvalue weighted by Crippen LogP contribution is 2.08. The lowest BCUT2D eigenvalue weighted by Crippen LogP contribution is -2.29. The van der Waals surface area contributed by atoms with Gasteiger partial charge in [-0.25, -0.2) is 14.6 Å². The van der Waals surface area contributed by atoms with E-state index in [-0.39, 0.29) is 5.91 Å². The van der Waals surface area contributed by atoms with E-state index in [9.17, 15) is 4.79 Å². The molecule has 2 N–H and O–H groups in total. The van der Waals surface area contributed by atoms with Gasteiger partial charge >= 0.3 is 0 Å². The van der Waals surface area contributed by atoms with Crippen molar-refractivity contribution in [3.63, 3.8) is 0 Å². The summed E-state index contributed by atoms with van der Waals surface area (Å²) in [5, 5.41) is 19.1. The molecular formula is C18H17N7O. The van der Waals surface area contributed by atoms with E-state index < -0.39 is 0 Å². The molecule has 0 radical (unpaired) electrons. The molecule has 0 spiro atoms. The normalized spacial score (nSPS) is 10.2. The number of carbonyl (C=O) groups is 1. The van der Waals surface area contributed by atoms with Crippen LogP contribution >= 0.6 is 0 Å². The van der Waals surface area contributed by atoms with Gasteiger partial charge in [0.2, 0.25) is 0 Å². The van der Waals surface area contributed by atoms with Crippen LogP contribution in [0.1, 0.15) is 21.6 Å². The molecule has 0 atom stereocenters. The largest absolute Gasteiger partial charge is 0.368 e. The number of hydrogen-bond donors (Lipinski definition) is 2. The zero-order valence-electron chi connectivity index (χ0n) is 14.2. The number of nitriles is 1. The van der Waals surface area contributed by atoms with Gasteiger partial charge in [-0.05, 0) is 31.2 Å². The topological polar surface area (TPSA) is 109 Å². The van der Waals surface area contributed by atoms with Crippen molar-refractivity contribution in [1.29, 1.82) is 5.26 Å². The predicted molar refractivity (Wildman–Crippen MR) is 95.9 cm³/mol. The van der Waals surface area contributed by atoms with E-state index in [1.807, 2.05) is 25.3 Å². The Balaban J connectivity index is 1.52. The molecule has 1 amide bonds. The van der Waals surface area contributed by atoms with Crippen molar-refractivity contribution in [3.05, 3.63) is 65.7 Å². The number of nitrogens with one attached hydrogen (secondary N) is 2. The van der Waals surface area contributed by atoms with Crippen molar-refractivity contribution in [2.75, 3.05) is 18.4 Å². The van der Waals surface area contributed by atoms with Crippen LogP contribution in [0.3, 0.4) is 0 Å². The van der Waals surface area contributed by atoms with Gasteiger partial charge in [0, 0.05) is 30.9 Å². The van der Waals surface area contributed by atoms with E-state index in [0.29, 0.717) is 35.9 Å². The van der Waals surface area contributed by atoms with Crippen LogP contribution in [0.4, 0.5) is 5.82 Å². The quantitative estimate of drug-likeness (QED) is 0.657. The van der Waals surface area contributed by atoms with Crippen molar-refractivity contribution < 1.29 is 4.79 Å². The lowest BCUT2D eigenvalue weighted by molar-refractivity contribution is 0.0955. The fourth-order valence-electron chi connectivity index (χ4n) is 2.31. The number of anilines is 1. The van der Waals surface area contributed by atoms with E-state index >= 15 is 0 Å². The summed E-state index contributed by atoms with van der Waals surface area (Å²) in [6.07, 6.45) is 3.29. The minimum Gasteiger partial charge on any atom is -0.368 e. The third-order valence-corrected chi connectivity index (χ3v) is 3.58. The molecule has 0 aliphatic carbocycles. The maximum Gasteiger partial charge on any atom is 0.251 e. The molecule has 0 bridgehead atoms. The summed E-state index contributed by atoms with van der Waals surface area (Å²) in [6, 6.07) is 12.3. The van der Waals surface area contributed by atoms with Crippen molar-refractivity contribution in [3.8, 4) is 11.9 Å². The predicted octanol–water partition coefficient (Wildman–Crippen LogP) is 1.68. The highest BCUT2D eigenvalue weighted by molar-refractivity contribution is 5.94. The zero-order chi connectivity index (χ0) is 18.4. The molecule has 130 valence electrons. The molecule has 8 nitrogen and oxygen atoms in total. The fraction of sp³-hybridized carbons (Fsp3) is 0.167. The number of hydrogen-bond acceptors (Lipinski definition) is 6. The molecule has 0 saturated heterocycles. The monoisotopic (exact) mass is 347 g/mol. The second-order valence-electron chi connectivity index (χ2n) is 5.54. The number of aryl methyl sites for hydroxylation is 1. The van der Waals surface area contributed by atoms with Crippen LogP contribution in [-0.2, 0) is 0 Å². The second kappa shape index (κ2) is 7.90. The molecule has 2 heterocycles. The molecule has 0 aliphatic heterocycles. The molecule has 0 aliphatic rings. The summed E-state index contributed by atoms with van der Waals surface area (Å²) >= 11 is 0. The summed E-state index contributed by atoms with van der Waals surface area (Å²) in [4.78, 5) is 20.4. The Morgan fingerprint density at radius 2 is 2.12 bits per heavy atom. The number of carbonyl (C=O) groups excluding carboxylic acids is 1. The first-order valence-corrected chi connectivity index (χ1v) is 8.02. The van der Waals surface area contributed by atoms with Crippen molar-refractivity contribution in [2.45, 2.75) is 6.92 Å². The Labute approximate surface area is 150 Å². The lowest BCUT2D eigenvalue weighted by Gasteiger charge is -2.08. The Bertz CT molecular complexity index is 958.